The van der Waals surface area contributed by atoms with Gasteiger partial charge in [-0.05, 0) is 39.2 Å². The predicted octanol–water partition coefficient (Wildman–Crippen LogP) is 1.79. The van der Waals surface area contributed by atoms with Crippen molar-refractivity contribution in [2.24, 2.45) is 0 Å². The number of nitrogens with one attached hydrogen (secondary N) is 1. The van der Waals surface area contributed by atoms with E-state index in [1.807, 2.05) is 14.1 Å². The predicted molar refractivity (Wildman–Crippen MR) is 76.8 cm³/mol. The fourth-order valence-corrected chi connectivity index (χ4v) is 1.43. The lowest BCUT2D eigenvalue weighted by atomic mass is 10.2. The zero-order valence-corrected chi connectivity index (χ0v) is 12.1. The first kappa shape index (κ1) is 17.4. The normalized spacial score (nSPS) is 9.68. The topological polar surface area (TPSA) is 58.6 Å². The summed E-state index contributed by atoms with van der Waals surface area (Å²) in [6.07, 6.45) is 0. The summed E-state index contributed by atoms with van der Waals surface area (Å²) >= 11 is 0. The van der Waals surface area contributed by atoms with Gasteiger partial charge >= 0.3 is 5.97 Å². The van der Waals surface area contributed by atoms with E-state index in [4.69, 9.17) is 4.74 Å². The van der Waals surface area contributed by atoms with Gasteiger partial charge in [0, 0.05) is 5.69 Å². The van der Waals surface area contributed by atoms with Crippen LogP contribution in [0.1, 0.15) is 17.3 Å². The van der Waals surface area contributed by atoms with E-state index < -0.39 is 0 Å². The van der Waals surface area contributed by atoms with Crippen LogP contribution in [-0.4, -0.2) is 44.0 Å². The van der Waals surface area contributed by atoms with Crippen LogP contribution in [0.4, 0.5) is 5.69 Å². The van der Waals surface area contributed by atoms with Gasteiger partial charge in [0.1, 0.15) is 0 Å². The molecule has 1 N–H and O–H groups in total. The Morgan fingerprint density at radius 1 is 1.32 bits per heavy atom. The number of esters is 1. The molecule has 1 rings (SSSR count). The summed E-state index contributed by atoms with van der Waals surface area (Å²) in [6, 6.07) is 6.69. The van der Waals surface area contributed by atoms with E-state index in [0.717, 1.165) is 0 Å². The molecule has 0 saturated carbocycles. The standard InChI is InChI=1S/C13H18N2O3.ClH/c1-4-18-13(17)10-6-5-7-11(8-10)14-12(16)9-15(2)3;/h5-8H,4,9H2,1-3H3,(H,14,16);1H. The second-order valence-corrected chi connectivity index (χ2v) is 4.09. The molecule has 0 heterocycles. The number of carbonyl (C=O) groups excluding carboxylic acids is 2. The van der Waals surface area contributed by atoms with Crippen LogP contribution in [0.15, 0.2) is 24.3 Å². The minimum atomic E-state index is -0.388. The highest BCUT2D eigenvalue weighted by Crippen LogP contribution is 2.11. The molecule has 1 aromatic carbocycles. The van der Waals surface area contributed by atoms with Crippen molar-refractivity contribution in [3.05, 3.63) is 29.8 Å². The van der Waals surface area contributed by atoms with Gasteiger partial charge in [0.2, 0.25) is 5.91 Å². The third-order valence-corrected chi connectivity index (χ3v) is 2.12. The van der Waals surface area contributed by atoms with Crippen LogP contribution in [0.25, 0.3) is 0 Å². The first-order valence-corrected chi connectivity index (χ1v) is 5.74. The van der Waals surface area contributed by atoms with Crippen LogP contribution in [0, 0.1) is 0 Å². The molecule has 1 amide bonds. The summed E-state index contributed by atoms with van der Waals surface area (Å²) in [5, 5.41) is 2.72. The summed E-state index contributed by atoms with van der Waals surface area (Å²) in [6.45, 7) is 2.38. The monoisotopic (exact) mass is 286 g/mol. The van der Waals surface area contributed by atoms with Crippen molar-refractivity contribution < 1.29 is 14.3 Å². The van der Waals surface area contributed by atoms with Crippen LogP contribution in [-0.2, 0) is 9.53 Å². The molecule has 0 bridgehead atoms. The number of amides is 1. The molecular formula is C13H19ClN2O3. The van der Waals surface area contributed by atoms with Gasteiger partial charge in [-0.15, -0.1) is 12.4 Å². The Morgan fingerprint density at radius 2 is 2.00 bits per heavy atom. The maximum absolute atomic E-state index is 11.6. The van der Waals surface area contributed by atoms with Crippen molar-refractivity contribution in [2.45, 2.75) is 6.92 Å². The molecule has 0 fully saturated rings. The fourth-order valence-electron chi connectivity index (χ4n) is 1.43. The molecule has 5 nitrogen and oxygen atoms in total. The number of hydrogen-bond acceptors (Lipinski definition) is 4. The molecular weight excluding hydrogens is 268 g/mol. The SMILES string of the molecule is CCOC(=O)c1cccc(NC(=O)CN(C)C)c1.Cl. The quantitative estimate of drug-likeness (QED) is 0.839. The number of nitrogens with zero attached hydrogens (tertiary/aromatic N) is 1. The average molecular weight is 287 g/mol. The molecule has 6 heteroatoms. The van der Waals surface area contributed by atoms with Crippen LogP contribution in [0.5, 0.6) is 0 Å². The minimum absolute atomic E-state index is 0. The molecule has 0 aliphatic heterocycles. The van der Waals surface area contributed by atoms with E-state index in [2.05, 4.69) is 5.32 Å². The van der Waals surface area contributed by atoms with E-state index in [0.29, 0.717) is 24.4 Å². The van der Waals surface area contributed by atoms with E-state index in [-0.39, 0.29) is 24.3 Å². The highest BCUT2D eigenvalue weighted by Gasteiger charge is 2.08. The molecule has 0 radical (unpaired) electrons. The van der Waals surface area contributed by atoms with Gasteiger partial charge < -0.3 is 15.0 Å². The third kappa shape index (κ3) is 6.22. The van der Waals surface area contributed by atoms with Crippen molar-refractivity contribution >= 4 is 30.0 Å². The van der Waals surface area contributed by atoms with Crippen molar-refractivity contribution in [1.82, 2.24) is 4.90 Å². The Hall–Kier alpha value is -1.59. The lowest BCUT2D eigenvalue weighted by molar-refractivity contribution is -0.116. The maximum Gasteiger partial charge on any atom is 0.338 e. The molecule has 0 atom stereocenters. The number of anilines is 1. The largest absolute Gasteiger partial charge is 0.462 e. The van der Waals surface area contributed by atoms with Crippen LogP contribution >= 0.6 is 12.4 Å². The average Bonchev–Trinajstić information content (AvgIpc) is 2.28. The Morgan fingerprint density at radius 3 is 2.58 bits per heavy atom. The van der Waals surface area contributed by atoms with Gasteiger partial charge in [0.05, 0.1) is 18.7 Å². The van der Waals surface area contributed by atoms with Crippen LogP contribution < -0.4 is 5.32 Å². The number of halogens is 1. The van der Waals surface area contributed by atoms with E-state index in [1.165, 1.54) is 0 Å². The lowest BCUT2D eigenvalue weighted by Crippen LogP contribution is -2.27. The van der Waals surface area contributed by atoms with Crippen molar-refractivity contribution in [1.29, 1.82) is 0 Å². The number of benzene rings is 1. The summed E-state index contributed by atoms with van der Waals surface area (Å²) in [4.78, 5) is 24.8. The molecule has 0 aliphatic rings. The van der Waals surface area contributed by atoms with E-state index >= 15 is 0 Å². The number of carbonyl (C=O) groups is 2. The minimum Gasteiger partial charge on any atom is -0.462 e. The van der Waals surface area contributed by atoms with E-state index in [1.54, 1.807) is 36.1 Å². The molecule has 0 unspecified atom stereocenters. The Kier molecular flexibility index (Phi) is 7.79. The number of likely N-dealkylation sites (N-methyl/N-ethyl adjacent to an activating group) is 1. The molecule has 0 aromatic heterocycles. The van der Waals surface area contributed by atoms with Gasteiger partial charge in [-0.25, -0.2) is 4.79 Å². The highest BCUT2D eigenvalue weighted by molar-refractivity contribution is 5.95. The number of ether oxygens (including phenoxy) is 1. The molecule has 0 spiro atoms. The number of hydrogen-bond donors (Lipinski definition) is 1. The Balaban J connectivity index is 0.00000324. The molecule has 1 aromatic rings. The summed E-state index contributed by atoms with van der Waals surface area (Å²) in [7, 11) is 3.63. The van der Waals surface area contributed by atoms with Crippen molar-refractivity contribution in [3.8, 4) is 0 Å². The molecule has 19 heavy (non-hydrogen) atoms. The van der Waals surface area contributed by atoms with Crippen LogP contribution in [0.2, 0.25) is 0 Å². The Labute approximate surface area is 119 Å². The van der Waals surface area contributed by atoms with Gasteiger partial charge in [-0.2, -0.15) is 0 Å². The molecule has 106 valence electrons. The Bertz CT molecular complexity index is 436. The van der Waals surface area contributed by atoms with Gasteiger partial charge in [-0.1, -0.05) is 6.07 Å². The molecule has 0 saturated heterocycles. The highest BCUT2D eigenvalue weighted by atomic mass is 35.5. The third-order valence-electron chi connectivity index (χ3n) is 2.12. The van der Waals surface area contributed by atoms with Gasteiger partial charge in [0.15, 0.2) is 0 Å². The van der Waals surface area contributed by atoms with Crippen molar-refractivity contribution in [2.75, 3.05) is 32.6 Å². The summed E-state index contributed by atoms with van der Waals surface area (Å²) < 4.78 is 4.89. The summed E-state index contributed by atoms with van der Waals surface area (Å²) in [5.41, 5.74) is 1.02. The number of rotatable bonds is 5. The second-order valence-electron chi connectivity index (χ2n) is 4.09. The fraction of sp³-hybridized carbons (Fsp3) is 0.385. The maximum atomic E-state index is 11.6. The zero-order valence-electron chi connectivity index (χ0n) is 11.3. The van der Waals surface area contributed by atoms with Gasteiger partial charge in [-0.3, -0.25) is 4.79 Å². The van der Waals surface area contributed by atoms with E-state index in [9.17, 15) is 9.59 Å². The van der Waals surface area contributed by atoms with Gasteiger partial charge in [0.25, 0.3) is 0 Å². The first-order valence-electron chi connectivity index (χ1n) is 5.74. The van der Waals surface area contributed by atoms with Crippen LogP contribution in [0.3, 0.4) is 0 Å². The lowest BCUT2D eigenvalue weighted by Gasteiger charge is -2.10. The molecule has 0 aliphatic carbocycles. The first-order chi connectivity index (χ1) is 8.52. The second kappa shape index (κ2) is 8.50. The van der Waals surface area contributed by atoms with Crippen molar-refractivity contribution in [3.63, 3.8) is 0 Å². The summed E-state index contributed by atoms with van der Waals surface area (Å²) in [5.74, 6) is -0.512. The smallest absolute Gasteiger partial charge is 0.338 e. The zero-order chi connectivity index (χ0) is 13.5.